The second kappa shape index (κ2) is 6.14. The Hall–Kier alpha value is -1.16. The fourth-order valence-electron chi connectivity index (χ4n) is 2.42. The Bertz CT molecular complexity index is 355. The highest BCUT2D eigenvalue weighted by atomic mass is 15.3. The zero-order chi connectivity index (χ0) is 13.0. The van der Waals surface area contributed by atoms with Crippen molar-refractivity contribution in [2.45, 2.75) is 39.7 Å². The van der Waals surface area contributed by atoms with E-state index in [1.807, 2.05) is 19.3 Å². The molecule has 0 aliphatic carbocycles. The number of aryl methyl sites for hydroxylation is 1. The molecule has 0 spiro atoms. The maximum absolute atomic E-state index is 4.46. The Morgan fingerprint density at radius 1 is 1.39 bits per heavy atom. The normalized spacial score (nSPS) is 20.1. The molecule has 100 valence electrons. The van der Waals surface area contributed by atoms with E-state index in [9.17, 15) is 0 Å². The molecule has 1 aliphatic rings. The summed E-state index contributed by atoms with van der Waals surface area (Å²) >= 11 is 0. The molecule has 1 aromatic rings. The molecule has 2 heterocycles. The minimum atomic E-state index is 0.439. The van der Waals surface area contributed by atoms with Crippen LogP contribution in [0.5, 0.6) is 0 Å². The highest BCUT2D eigenvalue weighted by molar-refractivity contribution is 5.31. The van der Waals surface area contributed by atoms with Gasteiger partial charge in [-0.1, -0.05) is 0 Å². The number of nitrogens with zero attached hydrogens (tertiary/aromatic N) is 3. The SMILES string of the molecule is Cc1cnc(N(CC2CCCNC2)C(C)C)nc1. The molecule has 4 nitrogen and oxygen atoms in total. The van der Waals surface area contributed by atoms with Crippen LogP contribution in [-0.4, -0.2) is 35.6 Å². The van der Waals surface area contributed by atoms with Gasteiger partial charge in [0, 0.05) is 25.0 Å². The molecule has 1 aliphatic heterocycles. The summed E-state index contributed by atoms with van der Waals surface area (Å²) in [5, 5.41) is 3.47. The number of hydrogen-bond acceptors (Lipinski definition) is 4. The third-order valence-electron chi connectivity index (χ3n) is 3.50. The number of hydrogen-bond donors (Lipinski definition) is 1. The predicted molar refractivity (Wildman–Crippen MR) is 74.8 cm³/mol. The molecule has 0 bridgehead atoms. The lowest BCUT2D eigenvalue weighted by molar-refractivity contribution is 0.369. The van der Waals surface area contributed by atoms with Crippen molar-refractivity contribution < 1.29 is 0 Å². The fourth-order valence-corrected chi connectivity index (χ4v) is 2.42. The molecule has 0 saturated carbocycles. The second-order valence-electron chi connectivity index (χ2n) is 5.52. The highest BCUT2D eigenvalue weighted by Gasteiger charge is 2.20. The van der Waals surface area contributed by atoms with Crippen molar-refractivity contribution in [3.05, 3.63) is 18.0 Å². The molecule has 0 aromatic carbocycles. The second-order valence-corrected chi connectivity index (χ2v) is 5.52. The molecular formula is C14H24N4. The van der Waals surface area contributed by atoms with Gasteiger partial charge in [-0.2, -0.15) is 0 Å². The molecular weight excluding hydrogens is 224 g/mol. The summed E-state index contributed by atoms with van der Waals surface area (Å²) in [5.41, 5.74) is 1.11. The molecule has 0 radical (unpaired) electrons. The Morgan fingerprint density at radius 2 is 2.11 bits per heavy atom. The first-order valence-corrected chi connectivity index (χ1v) is 6.93. The average molecular weight is 248 g/mol. The highest BCUT2D eigenvalue weighted by Crippen LogP contribution is 2.17. The third kappa shape index (κ3) is 3.42. The van der Waals surface area contributed by atoms with Gasteiger partial charge in [-0.3, -0.25) is 0 Å². The monoisotopic (exact) mass is 248 g/mol. The Balaban J connectivity index is 2.05. The van der Waals surface area contributed by atoms with E-state index in [1.54, 1.807) is 0 Å². The first kappa shape index (κ1) is 13.3. The van der Waals surface area contributed by atoms with E-state index >= 15 is 0 Å². The van der Waals surface area contributed by atoms with Crippen LogP contribution in [0.1, 0.15) is 32.3 Å². The van der Waals surface area contributed by atoms with Crippen LogP contribution in [0.4, 0.5) is 5.95 Å². The lowest BCUT2D eigenvalue weighted by atomic mass is 9.99. The molecule has 2 rings (SSSR count). The van der Waals surface area contributed by atoms with Gasteiger partial charge >= 0.3 is 0 Å². The molecule has 1 atom stereocenters. The van der Waals surface area contributed by atoms with Crippen LogP contribution in [-0.2, 0) is 0 Å². The Morgan fingerprint density at radius 3 is 2.67 bits per heavy atom. The number of nitrogens with one attached hydrogen (secondary N) is 1. The summed E-state index contributed by atoms with van der Waals surface area (Å²) < 4.78 is 0. The van der Waals surface area contributed by atoms with Crippen LogP contribution in [0, 0.1) is 12.8 Å². The molecule has 1 fully saturated rings. The van der Waals surface area contributed by atoms with Crippen LogP contribution < -0.4 is 10.2 Å². The smallest absolute Gasteiger partial charge is 0.225 e. The van der Waals surface area contributed by atoms with Crippen molar-refractivity contribution in [3.63, 3.8) is 0 Å². The minimum absolute atomic E-state index is 0.439. The minimum Gasteiger partial charge on any atom is -0.338 e. The van der Waals surface area contributed by atoms with Crippen LogP contribution in [0.3, 0.4) is 0 Å². The first-order valence-electron chi connectivity index (χ1n) is 6.93. The molecule has 1 N–H and O–H groups in total. The number of aromatic nitrogens is 2. The molecule has 18 heavy (non-hydrogen) atoms. The van der Waals surface area contributed by atoms with Crippen molar-refractivity contribution in [1.82, 2.24) is 15.3 Å². The van der Waals surface area contributed by atoms with E-state index in [0.717, 1.165) is 24.6 Å². The molecule has 1 aromatic heterocycles. The maximum Gasteiger partial charge on any atom is 0.225 e. The van der Waals surface area contributed by atoms with Gasteiger partial charge < -0.3 is 10.2 Å². The van der Waals surface area contributed by atoms with Crippen molar-refractivity contribution >= 4 is 5.95 Å². The number of rotatable bonds is 4. The number of anilines is 1. The zero-order valence-corrected chi connectivity index (χ0v) is 11.7. The average Bonchev–Trinajstić information content (AvgIpc) is 2.38. The predicted octanol–water partition coefficient (Wildman–Crippen LogP) is 2.00. The van der Waals surface area contributed by atoms with Gasteiger partial charge in [0.25, 0.3) is 0 Å². The van der Waals surface area contributed by atoms with E-state index in [2.05, 4.69) is 34.0 Å². The number of piperidine rings is 1. The van der Waals surface area contributed by atoms with Crippen molar-refractivity contribution in [2.24, 2.45) is 5.92 Å². The summed E-state index contributed by atoms with van der Waals surface area (Å²) in [6, 6.07) is 0.439. The van der Waals surface area contributed by atoms with E-state index in [4.69, 9.17) is 0 Å². The van der Waals surface area contributed by atoms with E-state index < -0.39 is 0 Å². The Kier molecular flexibility index (Phi) is 4.53. The van der Waals surface area contributed by atoms with Gasteiger partial charge in [-0.25, -0.2) is 9.97 Å². The summed E-state index contributed by atoms with van der Waals surface area (Å²) in [6.07, 6.45) is 6.39. The van der Waals surface area contributed by atoms with Crippen LogP contribution in [0.15, 0.2) is 12.4 Å². The lowest BCUT2D eigenvalue weighted by Gasteiger charge is -2.32. The van der Waals surface area contributed by atoms with Gasteiger partial charge in [0.2, 0.25) is 5.95 Å². The standard InChI is InChI=1S/C14H24N4/c1-11(2)18(10-13-5-4-6-15-9-13)14-16-7-12(3)8-17-14/h7-8,11,13,15H,4-6,9-10H2,1-3H3. The third-order valence-corrected chi connectivity index (χ3v) is 3.50. The van der Waals surface area contributed by atoms with Gasteiger partial charge in [0.15, 0.2) is 0 Å². The summed E-state index contributed by atoms with van der Waals surface area (Å²) in [7, 11) is 0. The van der Waals surface area contributed by atoms with Gasteiger partial charge in [-0.05, 0) is 58.2 Å². The Labute approximate surface area is 110 Å². The van der Waals surface area contributed by atoms with E-state index in [-0.39, 0.29) is 0 Å². The van der Waals surface area contributed by atoms with Gasteiger partial charge in [0.1, 0.15) is 0 Å². The summed E-state index contributed by atoms with van der Waals surface area (Å²) in [4.78, 5) is 11.2. The molecule has 0 amide bonds. The molecule has 1 saturated heterocycles. The van der Waals surface area contributed by atoms with Crippen molar-refractivity contribution in [3.8, 4) is 0 Å². The van der Waals surface area contributed by atoms with Crippen molar-refractivity contribution in [2.75, 3.05) is 24.5 Å². The van der Waals surface area contributed by atoms with Crippen LogP contribution in [0.2, 0.25) is 0 Å². The molecule has 4 heteroatoms. The summed E-state index contributed by atoms with van der Waals surface area (Å²) in [6.45, 7) is 9.77. The maximum atomic E-state index is 4.46. The van der Waals surface area contributed by atoms with Crippen LogP contribution in [0.25, 0.3) is 0 Å². The van der Waals surface area contributed by atoms with E-state index in [0.29, 0.717) is 12.0 Å². The quantitative estimate of drug-likeness (QED) is 0.885. The largest absolute Gasteiger partial charge is 0.338 e. The summed E-state index contributed by atoms with van der Waals surface area (Å²) in [5.74, 6) is 1.58. The zero-order valence-electron chi connectivity index (χ0n) is 11.7. The molecule has 1 unspecified atom stereocenters. The van der Waals surface area contributed by atoms with Crippen LogP contribution >= 0.6 is 0 Å². The van der Waals surface area contributed by atoms with Gasteiger partial charge in [0.05, 0.1) is 0 Å². The lowest BCUT2D eigenvalue weighted by Crippen LogP contribution is -2.42. The fraction of sp³-hybridized carbons (Fsp3) is 0.714. The first-order chi connectivity index (χ1) is 8.66. The van der Waals surface area contributed by atoms with Crippen molar-refractivity contribution in [1.29, 1.82) is 0 Å². The topological polar surface area (TPSA) is 41.1 Å². The van der Waals surface area contributed by atoms with E-state index in [1.165, 1.54) is 19.4 Å². The van der Waals surface area contributed by atoms with Gasteiger partial charge in [-0.15, -0.1) is 0 Å².